The zero-order valence-electron chi connectivity index (χ0n) is 10.7. The number of hydrogen-bond acceptors (Lipinski definition) is 8. The van der Waals surface area contributed by atoms with Gasteiger partial charge in [-0.25, -0.2) is 10.8 Å². The molecule has 0 bridgehead atoms. The van der Waals surface area contributed by atoms with Crippen LogP contribution in [0.2, 0.25) is 0 Å². The lowest BCUT2D eigenvalue weighted by Gasteiger charge is -2.08. The van der Waals surface area contributed by atoms with E-state index in [0.717, 1.165) is 35.5 Å². The van der Waals surface area contributed by atoms with Crippen molar-refractivity contribution in [2.45, 2.75) is 13.0 Å². The first kappa shape index (κ1) is 12.8. The van der Waals surface area contributed by atoms with Crippen LogP contribution in [0.1, 0.15) is 6.42 Å². The van der Waals surface area contributed by atoms with Gasteiger partial charge in [0, 0.05) is 19.3 Å². The SMILES string of the molecule is NNc1nc(NCCCn2ccnn2)c2ccsc2n1. The molecule has 0 aliphatic rings. The van der Waals surface area contributed by atoms with Crippen molar-refractivity contribution in [3.63, 3.8) is 0 Å². The van der Waals surface area contributed by atoms with E-state index in [-0.39, 0.29) is 0 Å². The standard InChI is InChI=1S/C11H14N8S/c12-17-11-15-9(8-2-7-20-10(8)16-11)13-3-1-5-19-6-4-14-18-19/h2,4,6-7H,1,3,5,12H2,(H2,13,15,16,17). The Bertz CT molecular complexity index is 677. The number of anilines is 2. The van der Waals surface area contributed by atoms with Crippen molar-refractivity contribution >= 4 is 33.3 Å². The Hall–Kier alpha value is -2.26. The molecule has 9 heteroatoms. The third-order valence-electron chi connectivity index (χ3n) is 2.78. The predicted molar refractivity (Wildman–Crippen MR) is 78.4 cm³/mol. The highest BCUT2D eigenvalue weighted by atomic mass is 32.1. The summed E-state index contributed by atoms with van der Waals surface area (Å²) in [7, 11) is 0. The number of fused-ring (bicyclic) bond motifs is 1. The monoisotopic (exact) mass is 290 g/mol. The molecule has 0 unspecified atom stereocenters. The van der Waals surface area contributed by atoms with Gasteiger partial charge in [0.15, 0.2) is 0 Å². The van der Waals surface area contributed by atoms with Crippen molar-refractivity contribution in [3.8, 4) is 0 Å². The fourth-order valence-electron chi connectivity index (χ4n) is 1.85. The summed E-state index contributed by atoms with van der Waals surface area (Å²) in [4.78, 5) is 9.54. The molecule has 0 saturated heterocycles. The number of hydrogen-bond donors (Lipinski definition) is 3. The third-order valence-corrected chi connectivity index (χ3v) is 3.59. The molecule has 0 aliphatic carbocycles. The predicted octanol–water partition coefficient (Wildman–Crippen LogP) is 1.07. The van der Waals surface area contributed by atoms with Crippen molar-refractivity contribution in [3.05, 3.63) is 23.8 Å². The topological polar surface area (TPSA) is 107 Å². The van der Waals surface area contributed by atoms with Crippen LogP contribution in [-0.2, 0) is 6.54 Å². The summed E-state index contributed by atoms with van der Waals surface area (Å²) in [6, 6.07) is 2.00. The van der Waals surface area contributed by atoms with Crippen LogP contribution in [0.5, 0.6) is 0 Å². The number of nitrogens with zero attached hydrogens (tertiary/aromatic N) is 5. The Balaban J connectivity index is 1.65. The first-order valence-electron chi connectivity index (χ1n) is 6.16. The molecule has 20 heavy (non-hydrogen) atoms. The number of nitrogen functional groups attached to an aromatic ring is 1. The van der Waals surface area contributed by atoms with E-state index in [2.05, 4.69) is 31.0 Å². The molecule has 0 atom stereocenters. The molecule has 3 aromatic heterocycles. The number of thiophene rings is 1. The molecule has 0 radical (unpaired) electrons. The molecule has 0 aromatic carbocycles. The van der Waals surface area contributed by atoms with E-state index in [0.29, 0.717) is 5.95 Å². The average molecular weight is 290 g/mol. The number of nitrogens with two attached hydrogens (primary N) is 1. The van der Waals surface area contributed by atoms with Gasteiger partial charge in [0.2, 0.25) is 5.95 Å². The number of hydrazine groups is 1. The highest BCUT2D eigenvalue weighted by Crippen LogP contribution is 2.26. The minimum atomic E-state index is 0.415. The first-order chi connectivity index (χ1) is 9.86. The lowest BCUT2D eigenvalue weighted by molar-refractivity contribution is 0.569. The number of rotatable bonds is 6. The minimum absolute atomic E-state index is 0.415. The van der Waals surface area contributed by atoms with Crippen molar-refractivity contribution in [2.75, 3.05) is 17.3 Å². The maximum absolute atomic E-state index is 5.38. The molecule has 8 nitrogen and oxygen atoms in total. The van der Waals surface area contributed by atoms with Gasteiger partial charge in [-0.1, -0.05) is 5.21 Å². The zero-order chi connectivity index (χ0) is 13.8. The molecular weight excluding hydrogens is 276 g/mol. The lowest BCUT2D eigenvalue weighted by Crippen LogP contribution is -2.13. The Morgan fingerprint density at radius 2 is 2.30 bits per heavy atom. The third kappa shape index (κ3) is 2.68. The Kier molecular flexibility index (Phi) is 3.70. The maximum atomic E-state index is 5.38. The van der Waals surface area contributed by atoms with Crippen LogP contribution < -0.4 is 16.6 Å². The van der Waals surface area contributed by atoms with E-state index in [9.17, 15) is 0 Å². The normalized spacial score (nSPS) is 10.8. The molecule has 4 N–H and O–H groups in total. The van der Waals surface area contributed by atoms with Gasteiger partial charge in [0.05, 0.1) is 11.6 Å². The largest absolute Gasteiger partial charge is 0.369 e. The van der Waals surface area contributed by atoms with Gasteiger partial charge in [0.25, 0.3) is 0 Å². The summed E-state index contributed by atoms with van der Waals surface area (Å²) >= 11 is 1.56. The molecule has 0 aliphatic heterocycles. The summed E-state index contributed by atoms with van der Waals surface area (Å²) in [5.74, 6) is 6.59. The summed E-state index contributed by atoms with van der Waals surface area (Å²) in [6.45, 7) is 1.60. The highest BCUT2D eigenvalue weighted by Gasteiger charge is 2.07. The van der Waals surface area contributed by atoms with Gasteiger partial charge in [-0.05, 0) is 17.9 Å². The minimum Gasteiger partial charge on any atom is -0.369 e. The first-order valence-corrected chi connectivity index (χ1v) is 7.04. The van der Waals surface area contributed by atoms with Crippen LogP contribution in [0.25, 0.3) is 10.2 Å². The van der Waals surface area contributed by atoms with E-state index in [1.54, 1.807) is 22.2 Å². The molecule has 0 spiro atoms. The van der Waals surface area contributed by atoms with Crippen molar-refractivity contribution in [1.82, 2.24) is 25.0 Å². The van der Waals surface area contributed by atoms with Gasteiger partial charge in [0.1, 0.15) is 10.6 Å². The van der Waals surface area contributed by atoms with E-state index in [4.69, 9.17) is 5.84 Å². The smallest absolute Gasteiger partial charge is 0.240 e. The van der Waals surface area contributed by atoms with Crippen molar-refractivity contribution in [1.29, 1.82) is 0 Å². The van der Waals surface area contributed by atoms with Crippen LogP contribution in [0.15, 0.2) is 23.8 Å². The van der Waals surface area contributed by atoms with Crippen molar-refractivity contribution in [2.24, 2.45) is 5.84 Å². The molecule has 104 valence electrons. The van der Waals surface area contributed by atoms with Crippen LogP contribution in [0, 0.1) is 0 Å². The fourth-order valence-corrected chi connectivity index (χ4v) is 2.62. The van der Waals surface area contributed by atoms with Crippen LogP contribution in [0.3, 0.4) is 0 Å². The quantitative estimate of drug-likeness (QED) is 0.354. The van der Waals surface area contributed by atoms with Crippen LogP contribution in [0.4, 0.5) is 11.8 Å². The van der Waals surface area contributed by atoms with Gasteiger partial charge >= 0.3 is 0 Å². The number of nitrogens with one attached hydrogen (secondary N) is 2. The van der Waals surface area contributed by atoms with Crippen LogP contribution in [-0.4, -0.2) is 31.5 Å². The Morgan fingerprint density at radius 1 is 1.35 bits per heavy atom. The second-order valence-corrected chi connectivity index (χ2v) is 5.02. The molecule has 3 aromatic rings. The van der Waals surface area contributed by atoms with Gasteiger partial charge < -0.3 is 5.32 Å². The van der Waals surface area contributed by atoms with E-state index in [1.165, 1.54) is 0 Å². The summed E-state index contributed by atoms with van der Waals surface area (Å²) in [5, 5.41) is 14.0. The number of aryl methyl sites for hydroxylation is 1. The molecule has 3 rings (SSSR count). The summed E-state index contributed by atoms with van der Waals surface area (Å²) in [6.07, 6.45) is 4.44. The van der Waals surface area contributed by atoms with E-state index in [1.807, 2.05) is 17.6 Å². The molecule has 3 heterocycles. The molecule has 0 fully saturated rings. The Labute approximate surface area is 119 Å². The molecule has 0 amide bonds. The Morgan fingerprint density at radius 3 is 3.10 bits per heavy atom. The highest BCUT2D eigenvalue weighted by molar-refractivity contribution is 7.16. The summed E-state index contributed by atoms with van der Waals surface area (Å²) in [5.41, 5.74) is 2.48. The fraction of sp³-hybridized carbons (Fsp3) is 0.273. The summed E-state index contributed by atoms with van der Waals surface area (Å²) < 4.78 is 1.80. The van der Waals surface area contributed by atoms with Gasteiger partial charge in [-0.2, -0.15) is 4.98 Å². The average Bonchev–Trinajstić information content (AvgIpc) is 3.13. The van der Waals surface area contributed by atoms with Crippen LogP contribution >= 0.6 is 11.3 Å². The second kappa shape index (κ2) is 5.80. The van der Waals surface area contributed by atoms with Gasteiger partial charge in [-0.3, -0.25) is 10.1 Å². The van der Waals surface area contributed by atoms with Crippen molar-refractivity contribution < 1.29 is 0 Å². The lowest BCUT2D eigenvalue weighted by atomic mass is 10.3. The van der Waals surface area contributed by atoms with Gasteiger partial charge in [-0.15, -0.1) is 16.4 Å². The molecular formula is C11H14N8S. The maximum Gasteiger partial charge on any atom is 0.240 e. The number of aromatic nitrogens is 5. The zero-order valence-corrected chi connectivity index (χ0v) is 11.5. The van der Waals surface area contributed by atoms with E-state index < -0.39 is 0 Å². The molecule has 0 saturated carbocycles. The van der Waals surface area contributed by atoms with E-state index >= 15 is 0 Å². The second-order valence-electron chi connectivity index (χ2n) is 4.13.